The number of hydrogen-bond donors (Lipinski definition) is 2. The molecule has 4 aromatic rings. The highest BCUT2D eigenvalue weighted by atomic mass is 35.5. The number of fused-ring (bicyclic) bond motifs is 3. The Bertz CT molecular complexity index is 1290. The third kappa shape index (κ3) is 4.31. The van der Waals surface area contributed by atoms with E-state index in [4.69, 9.17) is 21.3 Å². The van der Waals surface area contributed by atoms with E-state index in [9.17, 15) is 4.79 Å². The number of methoxy groups -OCH3 is 1. The lowest BCUT2D eigenvalue weighted by molar-refractivity contribution is 0.0953. The van der Waals surface area contributed by atoms with E-state index in [0.717, 1.165) is 41.0 Å². The number of benzene rings is 2. The van der Waals surface area contributed by atoms with E-state index in [1.54, 1.807) is 31.4 Å². The average molecular weight is 453 g/mol. The molecule has 2 aromatic carbocycles. The van der Waals surface area contributed by atoms with Crippen molar-refractivity contribution in [3.05, 3.63) is 58.4 Å². The smallest absolute Gasteiger partial charge is 0.252 e. The van der Waals surface area contributed by atoms with Crippen molar-refractivity contribution < 1.29 is 9.53 Å². The Morgan fingerprint density at radius 1 is 1.12 bits per heavy atom. The fourth-order valence-electron chi connectivity index (χ4n) is 3.64. The molecule has 9 heteroatoms. The van der Waals surface area contributed by atoms with Crippen LogP contribution in [0.1, 0.15) is 34.6 Å². The Labute approximate surface area is 191 Å². The van der Waals surface area contributed by atoms with Gasteiger partial charge < -0.3 is 15.4 Å². The van der Waals surface area contributed by atoms with E-state index in [2.05, 4.69) is 20.8 Å². The summed E-state index contributed by atoms with van der Waals surface area (Å²) in [4.78, 5) is 17.0. The third-order valence-corrected chi connectivity index (χ3v) is 5.63. The normalized spacial score (nSPS) is 11.1. The fourth-order valence-corrected chi connectivity index (χ4v) is 3.86. The summed E-state index contributed by atoms with van der Waals surface area (Å²) in [6, 6.07) is 11.0. The molecule has 4 rings (SSSR count). The van der Waals surface area contributed by atoms with Crippen LogP contribution >= 0.6 is 11.6 Å². The number of rotatable bonds is 8. The predicted molar refractivity (Wildman–Crippen MR) is 126 cm³/mol. The standard InChI is InChI=1S/C23H25ClN6O2/c1-14-12-19-18(13-20(14)32-3)27-21(22-29-28-15(2)30(19)22)25-10-6-7-11-26-23(31)16-8-4-5-9-17(16)24/h4-5,8-9,12-13H,6-7,10-11H2,1-3H3,(H,25,27)(H,26,31). The molecule has 0 unspecified atom stereocenters. The van der Waals surface area contributed by atoms with Gasteiger partial charge in [-0.25, -0.2) is 4.98 Å². The minimum Gasteiger partial charge on any atom is -0.496 e. The molecule has 2 aromatic heterocycles. The second-order valence-corrected chi connectivity index (χ2v) is 7.95. The summed E-state index contributed by atoms with van der Waals surface area (Å²) in [6.45, 7) is 5.17. The van der Waals surface area contributed by atoms with Gasteiger partial charge in [0.2, 0.25) is 5.65 Å². The van der Waals surface area contributed by atoms with Crippen LogP contribution < -0.4 is 15.4 Å². The van der Waals surface area contributed by atoms with Crippen LogP contribution in [0.3, 0.4) is 0 Å². The van der Waals surface area contributed by atoms with Crippen molar-refractivity contribution in [1.82, 2.24) is 24.9 Å². The maximum Gasteiger partial charge on any atom is 0.252 e. The van der Waals surface area contributed by atoms with Crippen LogP contribution in [-0.4, -0.2) is 45.7 Å². The lowest BCUT2D eigenvalue weighted by atomic mass is 10.2. The number of aryl methyl sites for hydroxylation is 2. The van der Waals surface area contributed by atoms with Crippen molar-refractivity contribution in [2.45, 2.75) is 26.7 Å². The van der Waals surface area contributed by atoms with Gasteiger partial charge in [-0.15, -0.1) is 10.2 Å². The number of halogens is 1. The molecule has 0 atom stereocenters. The molecule has 1 amide bonds. The molecule has 8 nitrogen and oxygen atoms in total. The molecule has 0 radical (unpaired) electrons. The van der Waals surface area contributed by atoms with Gasteiger partial charge in [0, 0.05) is 19.2 Å². The third-order valence-electron chi connectivity index (χ3n) is 5.30. The summed E-state index contributed by atoms with van der Waals surface area (Å²) in [6.07, 6.45) is 1.66. The molecule has 32 heavy (non-hydrogen) atoms. The minimum absolute atomic E-state index is 0.162. The SMILES string of the molecule is COc1cc2nc(NCCCCNC(=O)c3ccccc3Cl)c3nnc(C)n3c2cc1C. The summed E-state index contributed by atoms with van der Waals surface area (Å²) >= 11 is 6.07. The van der Waals surface area contributed by atoms with Gasteiger partial charge >= 0.3 is 0 Å². The summed E-state index contributed by atoms with van der Waals surface area (Å²) < 4.78 is 7.46. The van der Waals surface area contributed by atoms with E-state index < -0.39 is 0 Å². The first-order chi connectivity index (χ1) is 15.5. The van der Waals surface area contributed by atoms with Crippen LogP contribution in [0.15, 0.2) is 36.4 Å². The molecule has 0 bridgehead atoms. The number of aromatic nitrogens is 4. The molecule has 0 aliphatic heterocycles. The van der Waals surface area contributed by atoms with Gasteiger partial charge in [0.1, 0.15) is 11.6 Å². The van der Waals surface area contributed by atoms with Crippen LogP contribution in [0, 0.1) is 13.8 Å². The van der Waals surface area contributed by atoms with Gasteiger partial charge in [0.15, 0.2) is 5.82 Å². The number of amides is 1. The number of ether oxygens (including phenoxy) is 1. The topological polar surface area (TPSA) is 93.4 Å². The summed E-state index contributed by atoms with van der Waals surface area (Å²) in [7, 11) is 1.65. The average Bonchev–Trinajstić information content (AvgIpc) is 3.18. The van der Waals surface area contributed by atoms with Gasteiger partial charge in [0.05, 0.1) is 28.7 Å². The Morgan fingerprint density at radius 2 is 1.91 bits per heavy atom. The summed E-state index contributed by atoms with van der Waals surface area (Å²) in [5.41, 5.74) is 3.94. The Hall–Kier alpha value is -3.39. The molecule has 2 heterocycles. The van der Waals surface area contributed by atoms with Crippen molar-refractivity contribution >= 4 is 40.0 Å². The Balaban J connectivity index is 1.40. The molecular formula is C23H25ClN6O2. The largest absolute Gasteiger partial charge is 0.496 e. The first-order valence-electron chi connectivity index (χ1n) is 10.5. The molecule has 0 fully saturated rings. The molecule has 0 spiro atoms. The highest BCUT2D eigenvalue weighted by Crippen LogP contribution is 2.28. The first kappa shape index (κ1) is 21.8. The number of carbonyl (C=O) groups is 1. The summed E-state index contributed by atoms with van der Waals surface area (Å²) in [5, 5.41) is 15.3. The van der Waals surface area contributed by atoms with Gasteiger partial charge in [0.25, 0.3) is 5.91 Å². The highest BCUT2D eigenvalue weighted by molar-refractivity contribution is 6.33. The second-order valence-electron chi connectivity index (χ2n) is 7.55. The lowest BCUT2D eigenvalue weighted by Crippen LogP contribution is -2.25. The molecule has 0 aliphatic carbocycles. The van der Waals surface area contributed by atoms with Crippen LogP contribution in [-0.2, 0) is 0 Å². The molecule has 0 saturated carbocycles. The van der Waals surface area contributed by atoms with Gasteiger partial charge in [-0.3, -0.25) is 9.20 Å². The van der Waals surface area contributed by atoms with Crippen LogP contribution in [0.2, 0.25) is 5.02 Å². The zero-order chi connectivity index (χ0) is 22.7. The van der Waals surface area contributed by atoms with Crippen LogP contribution in [0.25, 0.3) is 16.7 Å². The molecule has 0 saturated heterocycles. The quantitative estimate of drug-likeness (QED) is 0.389. The van der Waals surface area contributed by atoms with Crippen molar-refractivity contribution in [3.63, 3.8) is 0 Å². The lowest BCUT2D eigenvalue weighted by Gasteiger charge is -2.12. The van der Waals surface area contributed by atoms with E-state index >= 15 is 0 Å². The monoisotopic (exact) mass is 452 g/mol. The van der Waals surface area contributed by atoms with E-state index in [-0.39, 0.29) is 5.91 Å². The zero-order valence-electron chi connectivity index (χ0n) is 18.3. The van der Waals surface area contributed by atoms with E-state index in [0.29, 0.717) is 35.1 Å². The molecular weight excluding hydrogens is 428 g/mol. The van der Waals surface area contributed by atoms with Gasteiger partial charge in [-0.2, -0.15) is 0 Å². The van der Waals surface area contributed by atoms with E-state index in [1.807, 2.05) is 30.4 Å². The van der Waals surface area contributed by atoms with E-state index in [1.165, 1.54) is 0 Å². The second kappa shape index (κ2) is 9.40. The number of anilines is 1. The van der Waals surface area contributed by atoms with Crippen molar-refractivity contribution in [1.29, 1.82) is 0 Å². The molecule has 0 aliphatic rings. The number of nitrogens with zero attached hydrogens (tertiary/aromatic N) is 4. The van der Waals surface area contributed by atoms with Crippen molar-refractivity contribution in [2.75, 3.05) is 25.5 Å². The molecule has 2 N–H and O–H groups in total. The van der Waals surface area contributed by atoms with Crippen LogP contribution in [0.4, 0.5) is 5.82 Å². The Kier molecular flexibility index (Phi) is 6.41. The summed E-state index contributed by atoms with van der Waals surface area (Å²) in [5.74, 6) is 2.09. The zero-order valence-corrected chi connectivity index (χ0v) is 19.0. The van der Waals surface area contributed by atoms with Crippen molar-refractivity contribution in [3.8, 4) is 5.75 Å². The maximum absolute atomic E-state index is 12.2. The first-order valence-corrected chi connectivity index (χ1v) is 10.8. The van der Waals surface area contributed by atoms with Crippen LogP contribution in [0.5, 0.6) is 5.75 Å². The highest BCUT2D eigenvalue weighted by Gasteiger charge is 2.15. The fraction of sp³-hybridized carbons (Fsp3) is 0.304. The number of carbonyl (C=O) groups excluding carboxylic acids is 1. The van der Waals surface area contributed by atoms with Crippen molar-refractivity contribution in [2.24, 2.45) is 0 Å². The van der Waals surface area contributed by atoms with Gasteiger partial charge in [-0.05, 0) is 50.5 Å². The number of unbranched alkanes of at least 4 members (excludes halogenated alkanes) is 1. The minimum atomic E-state index is -0.162. The predicted octanol–water partition coefficient (Wildman–Crippen LogP) is 4.18. The number of nitrogens with one attached hydrogen (secondary N) is 2. The maximum atomic E-state index is 12.2. The number of hydrogen-bond acceptors (Lipinski definition) is 6. The van der Waals surface area contributed by atoms with Gasteiger partial charge in [-0.1, -0.05) is 23.7 Å². The molecule has 166 valence electrons. The Morgan fingerprint density at radius 3 is 2.69 bits per heavy atom.